The van der Waals surface area contributed by atoms with Crippen LogP contribution < -0.4 is 11.1 Å². The summed E-state index contributed by atoms with van der Waals surface area (Å²) in [5, 5.41) is 3.27. The molecule has 7 nitrogen and oxygen atoms in total. The second kappa shape index (κ2) is 11.6. The van der Waals surface area contributed by atoms with E-state index in [2.05, 4.69) is 10.2 Å². The van der Waals surface area contributed by atoms with Crippen molar-refractivity contribution < 1.29 is 18.7 Å². The van der Waals surface area contributed by atoms with Crippen molar-refractivity contribution in [3.05, 3.63) is 35.6 Å². The Morgan fingerprint density at radius 1 is 1.06 bits per heavy atom. The van der Waals surface area contributed by atoms with Crippen LogP contribution in [0.4, 0.5) is 4.39 Å². The minimum absolute atomic E-state index is 0.0204. The molecule has 0 bridgehead atoms. The Labute approximate surface area is 213 Å². The van der Waals surface area contributed by atoms with Crippen molar-refractivity contribution in [1.29, 1.82) is 0 Å². The molecule has 4 aliphatic rings. The molecule has 2 amide bonds. The van der Waals surface area contributed by atoms with E-state index < -0.39 is 6.04 Å². The van der Waals surface area contributed by atoms with E-state index in [1.807, 2.05) is 17.0 Å². The van der Waals surface area contributed by atoms with Crippen molar-refractivity contribution in [3.8, 4) is 0 Å². The molecule has 2 unspecified atom stereocenters. The molecule has 2 aliphatic heterocycles. The van der Waals surface area contributed by atoms with Crippen LogP contribution in [-0.4, -0.2) is 71.6 Å². The first-order chi connectivity index (χ1) is 17.5. The predicted octanol–water partition coefficient (Wildman–Crippen LogP) is 2.96. The highest BCUT2D eigenvalue weighted by Crippen LogP contribution is 2.35. The lowest BCUT2D eigenvalue weighted by Crippen LogP contribution is -2.59. The van der Waals surface area contributed by atoms with Gasteiger partial charge in [0.15, 0.2) is 0 Å². The van der Waals surface area contributed by atoms with Crippen LogP contribution in [0.2, 0.25) is 0 Å². The lowest BCUT2D eigenvalue weighted by Gasteiger charge is -2.44. The van der Waals surface area contributed by atoms with Gasteiger partial charge in [-0.25, -0.2) is 4.39 Å². The Kier molecular flexibility index (Phi) is 8.23. The Bertz CT molecular complexity index is 895. The van der Waals surface area contributed by atoms with E-state index in [0.29, 0.717) is 19.5 Å². The molecule has 0 aromatic heterocycles. The zero-order valence-electron chi connectivity index (χ0n) is 21.2. The fourth-order valence-electron chi connectivity index (χ4n) is 6.13. The van der Waals surface area contributed by atoms with Crippen LogP contribution in [0.3, 0.4) is 0 Å². The van der Waals surface area contributed by atoms with Gasteiger partial charge in [0.25, 0.3) is 0 Å². The molecular weight excluding hydrogens is 459 g/mol. The van der Waals surface area contributed by atoms with E-state index in [4.69, 9.17) is 10.5 Å². The number of nitrogens with two attached hydrogens (primary N) is 1. The number of likely N-dealkylation sites (tertiary alicyclic amines) is 1. The van der Waals surface area contributed by atoms with E-state index >= 15 is 0 Å². The van der Waals surface area contributed by atoms with Crippen LogP contribution in [0.1, 0.15) is 69.8 Å². The Morgan fingerprint density at radius 3 is 2.47 bits per heavy atom. The first-order valence-electron chi connectivity index (χ1n) is 13.9. The van der Waals surface area contributed by atoms with Crippen LogP contribution in [0.15, 0.2) is 24.3 Å². The number of nitrogens with one attached hydrogen (secondary N) is 1. The van der Waals surface area contributed by atoms with Gasteiger partial charge < -0.3 is 20.7 Å². The lowest BCUT2D eigenvalue weighted by molar-refractivity contribution is -0.145. The molecule has 2 heterocycles. The summed E-state index contributed by atoms with van der Waals surface area (Å²) in [6.07, 6.45) is 9.24. The molecule has 2 aliphatic carbocycles. The van der Waals surface area contributed by atoms with Gasteiger partial charge in [0.1, 0.15) is 11.9 Å². The van der Waals surface area contributed by atoms with Gasteiger partial charge in [-0.1, -0.05) is 12.1 Å². The van der Waals surface area contributed by atoms with Gasteiger partial charge in [0.05, 0.1) is 6.10 Å². The number of carbonyl (C=O) groups is 2. The largest absolute Gasteiger partial charge is 0.377 e. The highest BCUT2D eigenvalue weighted by Gasteiger charge is 2.43. The van der Waals surface area contributed by atoms with Crippen LogP contribution in [0, 0.1) is 11.7 Å². The summed E-state index contributed by atoms with van der Waals surface area (Å²) in [5.41, 5.74) is 7.11. The average molecular weight is 501 g/mol. The minimum Gasteiger partial charge on any atom is -0.377 e. The van der Waals surface area contributed by atoms with Gasteiger partial charge in [-0.15, -0.1) is 0 Å². The summed E-state index contributed by atoms with van der Waals surface area (Å²) in [7, 11) is 0. The highest BCUT2D eigenvalue weighted by atomic mass is 19.1. The fourth-order valence-corrected chi connectivity index (χ4v) is 6.13. The van der Waals surface area contributed by atoms with Gasteiger partial charge in [-0.3, -0.25) is 14.5 Å². The van der Waals surface area contributed by atoms with Gasteiger partial charge in [-0.2, -0.15) is 0 Å². The Hall–Kier alpha value is -2.03. The molecule has 4 fully saturated rings. The molecule has 0 radical (unpaired) electrons. The summed E-state index contributed by atoms with van der Waals surface area (Å²) in [4.78, 5) is 31.0. The monoisotopic (exact) mass is 500 g/mol. The third kappa shape index (κ3) is 6.45. The molecule has 2 saturated carbocycles. The molecule has 36 heavy (non-hydrogen) atoms. The van der Waals surface area contributed by atoms with Crippen molar-refractivity contribution in [2.24, 2.45) is 11.7 Å². The third-order valence-electron chi connectivity index (χ3n) is 8.48. The predicted molar refractivity (Wildman–Crippen MR) is 135 cm³/mol. The minimum atomic E-state index is -0.451. The SMILES string of the molecule is NC1CCC(NC(=O)[C@H]2CC(N(Cc3ccc(F)cc3)CC3CCCO3)CCN2C(=O)C2CC2)CC1. The first-order valence-corrected chi connectivity index (χ1v) is 13.9. The van der Waals surface area contributed by atoms with Crippen molar-refractivity contribution in [1.82, 2.24) is 15.1 Å². The van der Waals surface area contributed by atoms with E-state index in [1.54, 1.807) is 0 Å². The molecule has 3 N–H and O–H groups in total. The summed E-state index contributed by atoms with van der Waals surface area (Å²) < 4.78 is 19.5. The lowest BCUT2D eigenvalue weighted by atomic mass is 9.90. The molecule has 198 valence electrons. The number of hydrogen-bond donors (Lipinski definition) is 2. The maximum atomic E-state index is 13.6. The number of halogens is 1. The highest BCUT2D eigenvalue weighted by molar-refractivity contribution is 5.89. The second-order valence-corrected chi connectivity index (χ2v) is 11.3. The zero-order valence-corrected chi connectivity index (χ0v) is 21.2. The summed E-state index contributed by atoms with van der Waals surface area (Å²) in [6, 6.07) is 6.74. The maximum Gasteiger partial charge on any atom is 0.243 e. The third-order valence-corrected chi connectivity index (χ3v) is 8.48. The maximum absolute atomic E-state index is 13.6. The van der Waals surface area contributed by atoms with Crippen LogP contribution in [0.5, 0.6) is 0 Å². The van der Waals surface area contributed by atoms with Crippen molar-refractivity contribution in [2.45, 2.75) is 101 Å². The van der Waals surface area contributed by atoms with Gasteiger partial charge in [0.2, 0.25) is 11.8 Å². The van der Waals surface area contributed by atoms with Crippen LogP contribution in [0.25, 0.3) is 0 Å². The molecule has 3 atom stereocenters. The molecule has 8 heteroatoms. The van der Waals surface area contributed by atoms with E-state index in [0.717, 1.165) is 76.5 Å². The van der Waals surface area contributed by atoms with Gasteiger partial charge in [-0.05, 0) is 81.9 Å². The number of carbonyl (C=O) groups excluding carboxylic acids is 2. The molecule has 2 saturated heterocycles. The van der Waals surface area contributed by atoms with Crippen molar-refractivity contribution in [3.63, 3.8) is 0 Å². The Balaban J connectivity index is 1.31. The molecule has 5 rings (SSSR count). The van der Waals surface area contributed by atoms with E-state index in [1.165, 1.54) is 12.1 Å². The average Bonchev–Trinajstić information content (AvgIpc) is 3.61. The van der Waals surface area contributed by atoms with E-state index in [9.17, 15) is 14.0 Å². The summed E-state index contributed by atoms with van der Waals surface area (Å²) >= 11 is 0. The summed E-state index contributed by atoms with van der Waals surface area (Å²) in [5.74, 6) is -0.0278. The number of piperidine rings is 1. The van der Waals surface area contributed by atoms with Crippen LogP contribution >= 0.6 is 0 Å². The standard InChI is InChI=1S/C28H41FN4O3/c29-21-7-3-19(4-8-21)17-32(18-25-2-1-15-36-25)24-13-14-33(28(35)20-5-6-20)26(16-24)27(34)31-23-11-9-22(30)10-12-23/h3-4,7-8,20,22-26H,1-2,5-6,9-18,30H2,(H,31,34)/t22?,23?,24?,25?,26-/m1/s1. The normalized spacial score (nSPS) is 31.0. The molecule has 1 aromatic rings. The number of hydrogen-bond acceptors (Lipinski definition) is 5. The molecule has 1 aromatic carbocycles. The summed E-state index contributed by atoms with van der Waals surface area (Å²) in [6.45, 7) is 2.85. The number of nitrogens with zero attached hydrogens (tertiary/aromatic N) is 2. The fraction of sp³-hybridized carbons (Fsp3) is 0.714. The van der Waals surface area contributed by atoms with E-state index in [-0.39, 0.29) is 47.8 Å². The van der Waals surface area contributed by atoms with Crippen molar-refractivity contribution >= 4 is 11.8 Å². The number of ether oxygens (including phenoxy) is 1. The molecule has 0 spiro atoms. The number of benzene rings is 1. The number of rotatable bonds is 8. The van der Waals surface area contributed by atoms with Crippen LogP contribution in [-0.2, 0) is 20.9 Å². The second-order valence-electron chi connectivity index (χ2n) is 11.3. The molecular formula is C28H41FN4O3. The van der Waals surface area contributed by atoms with Gasteiger partial charge in [0, 0.05) is 50.3 Å². The smallest absolute Gasteiger partial charge is 0.243 e. The number of amides is 2. The quantitative estimate of drug-likeness (QED) is 0.573. The topological polar surface area (TPSA) is 87.9 Å². The van der Waals surface area contributed by atoms with Crippen molar-refractivity contribution in [2.75, 3.05) is 19.7 Å². The van der Waals surface area contributed by atoms with Gasteiger partial charge >= 0.3 is 0 Å². The first kappa shape index (κ1) is 25.6. The Morgan fingerprint density at radius 2 is 1.81 bits per heavy atom. The zero-order chi connectivity index (χ0) is 25.1.